The van der Waals surface area contributed by atoms with Gasteiger partial charge in [0.2, 0.25) is 0 Å². The summed E-state index contributed by atoms with van der Waals surface area (Å²) in [7, 11) is 0. The third-order valence-corrected chi connectivity index (χ3v) is 4.48. The molecule has 1 fully saturated rings. The van der Waals surface area contributed by atoms with E-state index in [9.17, 15) is 14.7 Å². The Morgan fingerprint density at radius 3 is 2.75 bits per heavy atom. The number of hydrogen-bond acceptors (Lipinski definition) is 5. The van der Waals surface area contributed by atoms with Crippen LogP contribution in [-0.2, 0) is 4.79 Å². The van der Waals surface area contributed by atoms with Crippen molar-refractivity contribution in [1.29, 1.82) is 0 Å². The van der Waals surface area contributed by atoms with Gasteiger partial charge in [0.25, 0.3) is 5.91 Å². The Morgan fingerprint density at radius 1 is 1.45 bits per heavy atom. The van der Waals surface area contributed by atoms with E-state index in [1.807, 2.05) is 13.8 Å². The first-order valence-electron chi connectivity index (χ1n) is 6.70. The van der Waals surface area contributed by atoms with E-state index in [0.717, 1.165) is 11.5 Å². The normalized spacial score (nSPS) is 23.1. The molecule has 0 bridgehead atoms. The molecule has 2 heterocycles. The number of aliphatic carboxylic acids is 1. The van der Waals surface area contributed by atoms with Crippen molar-refractivity contribution >= 4 is 23.4 Å². The summed E-state index contributed by atoms with van der Waals surface area (Å²) in [5, 5.41) is 13.3. The van der Waals surface area contributed by atoms with Gasteiger partial charge in [0.15, 0.2) is 0 Å². The lowest BCUT2D eigenvalue weighted by molar-refractivity contribution is -0.150. The second-order valence-corrected chi connectivity index (χ2v) is 6.59. The third kappa shape index (κ3) is 2.67. The summed E-state index contributed by atoms with van der Waals surface area (Å²) in [6, 6.07) is 0. The molecule has 2 rings (SSSR count). The van der Waals surface area contributed by atoms with Gasteiger partial charge in [-0.1, -0.05) is 18.3 Å². The average Bonchev–Trinajstić information content (AvgIpc) is 2.87. The first-order valence-corrected chi connectivity index (χ1v) is 7.47. The second-order valence-electron chi connectivity index (χ2n) is 5.84. The molecule has 0 saturated carbocycles. The van der Waals surface area contributed by atoms with Gasteiger partial charge in [-0.2, -0.15) is 0 Å². The van der Waals surface area contributed by atoms with E-state index in [1.54, 1.807) is 11.8 Å². The Labute approximate surface area is 122 Å². The standard InChI is InChI=1S/C13H19N3O3S/c1-8(2)9-10(20-15-14-9)11(17)16-6-4-5-13(3,7-16)12(18)19/h8H,4-7H2,1-3H3,(H,18,19). The third-order valence-electron chi connectivity index (χ3n) is 3.75. The topological polar surface area (TPSA) is 83.4 Å². The first kappa shape index (κ1) is 14.9. The lowest BCUT2D eigenvalue weighted by atomic mass is 9.82. The molecule has 1 aliphatic rings. The molecule has 7 heteroatoms. The second kappa shape index (κ2) is 5.47. The fraction of sp³-hybridized carbons (Fsp3) is 0.692. The molecule has 1 aromatic rings. The van der Waals surface area contributed by atoms with Crippen molar-refractivity contribution in [2.24, 2.45) is 5.41 Å². The zero-order valence-corrected chi connectivity index (χ0v) is 12.7. The Hall–Kier alpha value is -1.50. The fourth-order valence-corrected chi connectivity index (χ4v) is 3.24. The average molecular weight is 297 g/mol. The van der Waals surface area contributed by atoms with Gasteiger partial charge in [-0.15, -0.1) is 5.10 Å². The van der Waals surface area contributed by atoms with Crippen molar-refractivity contribution in [3.63, 3.8) is 0 Å². The van der Waals surface area contributed by atoms with E-state index in [1.165, 1.54) is 0 Å². The maximum atomic E-state index is 12.6. The highest BCUT2D eigenvalue weighted by Gasteiger charge is 2.40. The molecule has 1 amide bonds. The van der Waals surface area contributed by atoms with Crippen LogP contribution >= 0.6 is 11.5 Å². The highest BCUT2D eigenvalue weighted by atomic mass is 32.1. The van der Waals surface area contributed by atoms with Gasteiger partial charge in [0, 0.05) is 13.1 Å². The maximum absolute atomic E-state index is 12.6. The van der Waals surface area contributed by atoms with Crippen LogP contribution in [0.1, 0.15) is 54.9 Å². The van der Waals surface area contributed by atoms with Crippen molar-refractivity contribution in [3.05, 3.63) is 10.6 Å². The van der Waals surface area contributed by atoms with E-state index in [-0.39, 0.29) is 18.4 Å². The summed E-state index contributed by atoms with van der Waals surface area (Å²) < 4.78 is 3.86. The summed E-state index contributed by atoms with van der Waals surface area (Å²) in [6.45, 7) is 6.47. The van der Waals surface area contributed by atoms with Crippen molar-refractivity contribution in [3.8, 4) is 0 Å². The van der Waals surface area contributed by atoms with E-state index >= 15 is 0 Å². The van der Waals surface area contributed by atoms with Gasteiger partial charge in [-0.05, 0) is 37.2 Å². The Kier molecular flexibility index (Phi) is 4.08. The molecule has 1 aromatic heterocycles. The van der Waals surface area contributed by atoms with Gasteiger partial charge in [-0.25, -0.2) is 0 Å². The highest BCUT2D eigenvalue weighted by Crippen LogP contribution is 2.31. The first-order chi connectivity index (χ1) is 9.35. The van der Waals surface area contributed by atoms with Crippen molar-refractivity contribution < 1.29 is 14.7 Å². The number of rotatable bonds is 3. The summed E-state index contributed by atoms with van der Waals surface area (Å²) in [6.07, 6.45) is 1.31. The van der Waals surface area contributed by atoms with Crippen LogP contribution in [0.5, 0.6) is 0 Å². The zero-order chi connectivity index (χ0) is 14.9. The lowest BCUT2D eigenvalue weighted by Crippen LogP contribution is -2.48. The quantitative estimate of drug-likeness (QED) is 0.922. The number of carbonyl (C=O) groups is 2. The zero-order valence-electron chi connectivity index (χ0n) is 11.9. The summed E-state index contributed by atoms with van der Waals surface area (Å²) in [5.41, 5.74) is -0.160. The van der Waals surface area contributed by atoms with E-state index < -0.39 is 11.4 Å². The van der Waals surface area contributed by atoms with Crippen LogP contribution in [0.3, 0.4) is 0 Å². The molecule has 0 spiro atoms. The number of carboxylic acids is 1. The van der Waals surface area contributed by atoms with Crippen molar-refractivity contribution in [2.45, 2.75) is 39.5 Å². The molecule has 1 unspecified atom stereocenters. The molecule has 1 saturated heterocycles. The molecule has 6 nitrogen and oxygen atoms in total. The van der Waals surface area contributed by atoms with Crippen LogP contribution in [-0.4, -0.2) is 44.6 Å². The molecule has 0 radical (unpaired) electrons. The minimum absolute atomic E-state index is 0.128. The maximum Gasteiger partial charge on any atom is 0.311 e. The molecular formula is C13H19N3O3S. The minimum atomic E-state index is -0.857. The van der Waals surface area contributed by atoms with Gasteiger partial charge < -0.3 is 10.0 Å². The van der Waals surface area contributed by atoms with Gasteiger partial charge >= 0.3 is 5.97 Å². The number of carboxylic acid groups (broad SMARTS) is 1. The number of amides is 1. The summed E-state index contributed by atoms with van der Waals surface area (Å²) in [5.74, 6) is -0.860. The van der Waals surface area contributed by atoms with E-state index in [4.69, 9.17) is 0 Å². The number of likely N-dealkylation sites (tertiary alicyclic amines) is 1. The predicted octanol–water partition coefficient (Wildman–Crippen LogP) is 1.99. The Bertz CT molecular complexity index is 529. The van der Waals surface area contributed by atoms with Crippen LogP contribution in [0.25, 0.3) is 0 Å². The molecule has 0 aromatic carbocycles. The number of piperidine rings is 1. The van der Waals surface area contributed by atoms with Crippen LogP contribution in [0.4, 0.5) is 0 Å². The van der Waals surface area contributed by atoms with Gasteiger partial charge in [-0.3, -0.25) is 9.59 Å². The Balaban J connectivity index is 2.21. The minimum Gasteiger partial charge on any atom is -0.481 e. The number of carbonyl (C=O) groups excluding carboxylic acids is 1. The summed E-state index contributed by atoms with van der Waals surface area (Å²) >= 11 is 1.09. The molecule has 20 heavy (non-hydrogen) atoms. The number of aromatic nitrogens is 2. The van der Waals surface area contributed by atoms with Crippen LogP contribution in [0, 0.1) is 5.41 Å². The molecule has 1 N–H and O–H groups in total. The largest absolute Gasteiger partial charge is 0.481 e. The fourth-order valence-electron chi connectivity index (χ4n) is 2.45. The smallest absolute Gasteiger partial charge is 0.311 e. The number of hydrogen-bond donors (Lipinski definition) is 1. The summed E-state index contributed by atoms with van der Waals surface area (Å²) in [4.78, 5) is 26.1. The Morgan fingerprint density at radius 2 is 2.15 bits per heavy atom. The van der Waals surface area contributed by atoms with E-state index in [2.05, 4.69) is 9.59 Å². The van der Waals surface area contributed by atoms with Gasteiger partial charge in [0.05, 0.1) is 11.1 Å². The molecule has 0 aliphatic carbocycles. The van der Waals surface area contributed by atoms with Crippen LogP contribution in [0.15, 0.2) is 0 Å². The van der Waals surface area contributed by atoms with E-state index in [0.29, 0.717) is 30.0 Å². The van der Waals surface area contributed by atoms with Crippen LogP contribution < -0.4 is 0 Å². The molecular weight excluding hydrogens is 278 g/mol. The van der Waals surface area contributed by atoms with Crippen molar-refractivity contribution in [2.75, 3.05) is 13.1 Å². The SMILES string of the molecule is CC(C)c1nnsc1C(=O)N1CCCC(C)(C(=O)O)C1. The van der Waals surface area contributed by atoms with Crippen LogP contribution in [0.2, 0.25) is 0 Å². The number of nitrogens with zero attached hydrogens (tertiary/aromatic N) is 3. The van der Waals surface area contributed by atoms with Crippen molar-refractivity contribution in [1.82, 2.24) is 14.5 Å². The van der Waals surface area contributed by atoms with Gasteiger partial charge in [0.1, 0.15) is 4.88 Å². The molecule has 1 aliphatic heterocycles. The monoisotopic (exact) mass is 297 g/mol. The molecule has 1 atom stereocenters. The highest BCUT2D eigenvalue weighted by molar-refractivity contribution is 7.08. The predicted molar refractivity (Wildman–Crippen MR) is 74.9 cm³/mol. The molecule has 110 valence electrons. The lowest BCUT2D eigenvalue weighted by Gasteiger charge is -2.37.